The summed E-state index contributed by atoms with van der Waals surface area (Å²) in [6, 6.07) is -0.502. The second kappa shape index (κ2) is 5.45. The zero-order valence-corrected chi connectivity index (χ0v) is 9.15. The summed E-state index contributed by atoms with van der Waals surface area (Å²) in [4.78, 5) is 15.1. The van der Waals surface area contributed by atoms with Gasteiger partial charge in [-0.25, -0.2) is 4.79 Å². The number of anilines is 1. The molecule has 1 atom stereocenters. The highest BCUT2D eigenvalue weighted by atomic mass is 35.5. The molecule has 6 nitrogen and oxygen atoms in total. The van der Waals surface area contributed by atoms with E-state index in [1.165, 1.54) is 6.20 Å². The molecule has 1 rings (SSSR count). The number of carbonyl (C=O) groups excluding carboxylic acids is 1. The minimum Gasteiger partial charge on any atom is -0.464 e. The molecule has 1 N–H and O–H groups in total. The minimum atomic E-state index is -0.502. The lowest BCUT2D eigenvalue weighted by Crippen LogP contribution is -2.28. The molecule has 0 amide bonds. The van der Waals surface area contributed by atoms with Crippen LogP contribution in [0.2, 0.25) is 5.28 Å². The van der Waals surface area contributed by atoms with E-state index in [1.807, 2.05) is 0 Å². The largest absolute Gasteiger partial charge is 0.464 e. The van der Waals surface area contributed by atoms with Gasteiger partial charge in [0.2, 0.25) is 5.28 Å². The Morgan fingerprint density at radius 3 is 3.07 bits per heavy atom. The van der Waals surface area contributed by atoms with Crippen LogP contribution in [0.4, 0.5) is 5.82 Å². The molecule has 1 unspecified atom stereocenters. The Balaban J connectivity index is 2.58. The number of nitrogens with one attached hydrogen (secondary N) is 1. The van der Waals surface area contributed by atoms with Crippen molar-refractivity contribution in [3.8, 4) is 0 Å². The average molecular weight is 231 g/mol. The molecule has 82 valence electrons. The van der Waals surface area contributed by atoms with Gasteiger partial charge in [0.05, 0.1) is 12.8 Å². The molecule has 0 aliphatic carbocycles. The molecular formula is C8H11ClN4O2. The molecule has 7 heteroatoms. The van der Waals surface area contributed by atoms with Gasteiger partial charge in [0.1, 0.15) is 6.04 Å². The van der Waals surface area contributed by atoms with Crippen LogP contribution in [0.3, 0.4) is 0 Å². The minimum absolute atomic E-state index is 0.0241. The Bertz CT molecular complexity index is 347. The van der Waals surface area contributed by atoms with Crippen molar-refractivity contribution in [2.75, 3.05) is 11.9 Å². The maximum atomic E-state index is 11.3. The molecule has 1 aromatic rings. The van der Waals surface area contributed by atoms with E-state index in [2.05, 4.69) is 20.5 Å². The predicted molar refractivity (Wildman–Crippen MR) is 54.6 cm³/mol. The van der Waals surface area contributed by atoms with Crippen molar-refractivity contribution in [1.82, 2.24) is 15.2 Å². The third kappa shape index (κ3) is 3.67. The third-order valence-corrected chi connectivity index (χ3v) is 1.70. The van der Waals surface area contributed by atoms with Crippen LogP contribution in [0.15, 0.2) is 6.20 Å². The standard InChI is InChI=1S/C8H11ClN4O2/c1-3-15-7(14)5(2)11-6-4-10-13-8(9)12-6/h4-5H,3H2,1-2H3,(H,11,12,13). The zero-order chi connectivity index (χ0) is 11.3. The molecule has 0 aromatic carbocycles. The summed E-state index contributed by atoms with van der Waals surface area (Å²) in [7, 11) is 0. The number of rotatable bonds is 4. The first kappa shape index (κ1) is 11.6. The number of hydrogen-bond acceptors (Lipinski definition) is 6. The number of aromatic nitrogens is 3. The Labute approximate surface area is 92.0 Å². The highest BCUT2D eigenvalue weighted by Crippen LogP contribution is 2.05. The first-order chi connectivity index (χ1) is 7.13. The van der Waals surface area contributed by atoms with Crippen molar-refractivity contribution in [2.45, 2.75) is 19.9 Å². The average Bonchev–Trinajstić information content (AvgIpc) is 2.18. The van der Waals surface area contributed by atoms with Crippen molar-refractivity contribution in [1.29, 1.82) is 0 Å². The molecule has 0 saturated heterocycles. The Morgan fingerprint density at radius 2 is 2.47 bits per heavy atom. The van der Waals surface area contributed by atoms with Crippen LogP contribution in [-0.4, -0.2) is 33.8 Å². The van der Waals surface area contributed by atoms with E-state index in [1.54, 1.807) is 13.8 Å². The summed E-state index contributed by atoms with van der Waals surface area (Å²) in [5.74, 6) is 0.0304. The number of ether oxygens (including phenoxy) is 1. The highest BCUT2D eigenvalue weighted by Gasteiger charge is 2.14. The second-order valence-electron chi connectivity index (χ2n) is 2.73. The Kier molecular flexibility index (Phi) is 4.23. The number of esters is 1. The van der Waals surface area contributed by atoms with Gasteiger partial charge in [-0.1, -0.05) is 0 Å². The van der Waals surface area contributed by atoms with Gasteiger partial charge in [0.25, 0.3) is 0 Å². The van der Waals surface area contributed by atoms with E-state index in [-0.39, 0.29) is 11.3 Å². The van der Waals surface area contributed by atoms with Gasteiger partial charge in [-0.05, 0) is 25.4 Å². The fraction of sp³-hybridized carbons (Fsp3) is 0.500. The Morgan fingerprint density at radius 1 is 1.73 bits per heavy atom. The molecule has 1 aromatic heterocycles. The number of halogens is 1. The number of carbonyl (C=O) groups is 1. The van der Waals surface area contributed by atoms with E-state index in [4.69, 9.17) is 16.3 Å². The van der Waals surface area contributed by atoms with E-state index in [9.17, 15) is 4.79 Å². The normalized spacial score (nSPS) is 11.9. The molecule has 0 fully saturated rings. The summed E-state index contributed by atoms with van der Waals surface area (Å²) < 4.78 is 4.81. The predicted octanol–water partition coefficient (Wildman–Crippen LogP) is 0.888. The quantitative estimate of drug-likeness (QED) is 0.774. The van der Waals surface area contributed by atoms with Gasteiger partial charge in [0.15, 0.2) is 5.82 Å². The van der Waals surface area contributed by atoms with Crippen molar-refractivity contribution in [3.63, 3.8) is 0 Å². The molecule has 0 bridgehead atoms. The van der Waals surface area contributed by atoms with Crippen LogP contribution in [0.5, 0.6) is 0 Å². The van der Waals surface area contributed by atoms with E-state index in [0.29, 0.717) is 12.4 Å². The van der Waals surface area contributed by atoms with Crippen LogP contribution < -0.4 is 5.32 Å². The van der Waals surface area contributed by atoms with Gasteiger partial charge in [0, 0.05) is 0 Å². The SMILES string of the molecule is CCOC(=O)C(C)Nc1cnnc(Cl)n1. The molecule has 0 aliphatic rings. The van der Waals surface area contributed by atoms with Gasteiger partial charge in [-0.2, -0.15) is 10.1 Å². The van der Waals surface area contributed by atoms with E-state index >= 15 is 0 Å². The fourth-order valence-corrected chi connectivity index (χ4v) is 1.03. The highest BCUT2D eigenvalue weighted by molar-refractivity contribution is 6.28. The second-order valence-corrected chi connectivity index (χ2v) is 3.07. The van der Waals surface area contributed by atoms with Crippen molar-refractivity contribution >= 4 is 23.4 Å². The van der Waals surface area contributed by atoms with Gasteiger partial charge in [-0.3, -0.25) is 0 Å². The number of nitrogens with zero attached hydrogens (tertiary/aromatic N) is 3. The lowest BCUT2D eigenvalue weighted by molar-refractivity contribution is -0.143. The summed E-state index contributed by atoms with van der Waals surface area (Å²) >= 11 is 5.53. The fourth-order valence-electron chi connectivity index (χ4n) is 0.899. The van der Waals surface area contributed by atoms with Crippen LogP contribution in [0.1, 0.15) is 13.8 Å². The summed E-state index contributed by atoms with van der Waals surface area (Å²) in [5.41, 5.74) is 0. The lowest BCUT2D eigenvalue weighted by Gasteiger charge is -2.12. The van der Waals surface area contributed by atoms with Crippen LogP contribution >= 0.6 is 11.6 Å². The molecule has 1 heterocycles. The Hall–Kier alpha value is -1.43. The van der Waals surface area contributed by atoms with Gasteiger partial charge < -0.3 is 10.1 Å². The van der Waals surface area contributed by atoms with Crippen LogP contribution in [0, 0.1) is 0 Å². The number of hydrogen-bond donors (Lipinski definition) is 1. The topological polar surface area (TPSA) is 77.0 Å². The van der Waals surface area contributed by atoms with Crippen molar-refractivity contribution in [3.05, 3.63) is 11.5 Å². The first-order valence-electron chi connectivity index (χ1n) is 4.42. The molecular weight excluding hydrogens is 220 g/mol. The maximum Gasteiger partial charge on any atom is 0.328 e. The lowest BCUT2D eigenvalue weighted by atomic mass is 10.3. The molecule has 0 radical (unpaired) electrons. The van der Waals surface area contributed by atoms with Gasteiger partial charge >= 0.3 is 5.97 Å². The first-order valence-corrected chi connectivity index (χ1v) is 4.79. The maximum absolute atomic E-state index is 11.3. The van der Waals surface area contributed by atoms with Crippen molar-refractivity contribution in [2.24, 2.45) is 0 Å². The summed E-state index contributed by atoms with van der Waals surface area (Å²) in [6.45, 7) is 3.75. The van der Waals surface area contributed by atoms with Crippen LogP contribution in [0.25, 0.3) is 0 Å². The smallest absolute Gasteiger partial charge is 0.328 e. The van der Waals surface area contributed by atoms with E-state index in [0.717, 1.165) is 0 Å². The molecule has 15 heavy (non-hydrogen) atoms. The summed E-state index contributed by atoms with van der Waals surface area (Å²) in [6.07, 6.45) is 1.38. The van der Waals surface area contributed by atoms with Gasteiger partial charge in [-0.15, -0.1) is 5.10 Å². The van der Waals surface area contributed by atoms with Crippen LogP contribution in [-0.2, 0) is 9.53 Å². The summed E-state index contributed by atoms with van der Waals surface area (Å²) in [5, 5.41) is 9.88. The molecule has 0 aliphatic heterocycles. The monoisotopic (exact) mass is 230 g/mol. The third-order valence-electron chi connectivity index (χ3n) is 1.54. The zero-order valence-electron chi connectivity index (χ0n) is 8.40. The van der Waals surface area contributed by atoms with Crippen molar-refractivity contribution < 1.29 is 9.53 Å². The molecule has 0 spiro atoms. The molecule has 0 saturated carbocycles. The van der Waals surface area contributed by atoms with E-state index < -0.39 is 6.04 Å².